The molecule has 0 bridgehead atoms. The molecule has 0 N–H and O–H groups in total. The number of hydrogen-bond acceptors (Lipinski definition) is 0. The number of halogens is 2. The molecule has 0 saturated heterocycles. The summed E-state index contributed by atoms with van der Waals surface area (Å²) < 4.78 is 0. The fraction of sp³-hybridized carbons (Fsp3) is 0.500. The van der Waals surface area contributed by atoms with Crippen molar-refractivity contribution in [3.8, 4) is 0 Å². The van der Waals surface area contributed by atoms with E-state index in [2.05, 4.69) is 88.5 Å². The fourth-order valence-electron chi connectivity index (χ4n) is 2.05. The third kappa shape index (κ3) is 15.2. The number of nitrogens with zero attached hydrogens (tertiary/aromatic N) is 1. The van der Waals surface area contributed by atoms with Gasteiger partial charge in [-0.05, 0) is 30.7 Å². The minimum absolute atomic E-state index is 0.0812. The summed E-state index contributed by atoms with van der Waals surface area (Å²) in [4.78, 5) is 0. The van der Waals surface area contributed by atoms with Crippen molar-refractivity contribution in [1.29, 1.82) is 0 Å². The molecule has 0 radical (unpaired) electrons. The summed E-state index contributed by atoms with van der Waals surface area (Å²) in [6.45, 7) is 10.9. The molecule has 1 aliphatic rings. The summed E-state index contributed by atoms with van der Waals surface area (Å²) in [5, 5.41) is 4.51. The summed E-state index contributed by atoms with van der Waals surface area (Å²) in [6, 6.07) is 10.7. The topological polar surface area (TPSA) is 14.1 Å². The molecule has 4 heteroatoms. The van der Waals surface area contributed by atoms with Crippen molar-refractivity contribution in [1.82, 2.24) is 0 Å². The first-order valence-electron chi connectivity index (χ1n) is 8.30. The molecule has 0 aromatic heterocycles. The van der Waals surface area contributed by atoms with Crippen LogP contribution in [-0.4, -0.2) is 5.54 Å². The van der Waals surface area contributed by atoms with Crippen LogP contribution in [0.2, 0.25) is 0 Å². The minimum atomic E-state index is -0.181. The molecule has 24 heavy (non-hydrogen) atoms. The van der Waals surface area contributed by atoms with Gasteiger partial charge in [-0.1, -0.05) is 83.2 Å². The van der Waals surface area contributed by atoms with E-state index in [0.717, 1.165) is 12.3 Å². The molecule has 2 rings (SSSR count). The SMILES string of the molecule is CC(C)(C)[N-]C1=CC=CC1.CC(C)CCc1ccccc1.[Cl][Cr+][Cl]. The van der Waals surface area contributed by atoms with Gasteiger partial charge in [-0.3, -0.25) is 0 Å². The van der Waals surface area contributed by atoms with Gasteiger partial charge < -0.3 is 5.32 Å². The van der Waals surface area contributed by atoms with Gasteiger partial charge in [-0.25, -0.2) is 0 Å². The molecule has 0 spiro atoms. The molecule has 0 saturated carbocycles. The van der Waals surface area contributed by atoms with Gasteiger partial charge in [0, 0.05) is 0 Å². The maximum absolute atomic E-state index is 4.83. The zero-order valence-corrected chi connectivity index (χ0v) is 18.2. The average Bonchev–Trinajstić information content (AvgIpc) is 2.98. The van der Waals surface area contributed by atoms with Crippen molar-refractivity contribution in [3.63, 3.8) is 0 Å². The van der Waals surface area contributed by atoms with Gasteiger partial charge in [-0.15, -0.1) is 5.54 Å². The number of hydrogen-bond donors (Lipinski definition) is 0. The predicted molar refractivity (Wildman–Crippen MR) is 106 cm³/mol. The second kappa shape index (κ2) is 13.9. The Labute approximate surface area is 163 Å². The van der Waals surface area contributed by atoms with E-state index < -0.39 is 0 Å². The molecule has 0 fully saturated rings. The Hall–Kier alpha value is -0.388. The summed E-state index contributed by atoms with van der Waals surface area (Å²) in [7, 11) is 9.65. The molecule has 0 atom stereocenters. The Balaban J connectivity index is 0.000000381. The van der Waals surface area contributed by atoms with Crippen LogP contribution in [0.5, 0.6) is 0 Å². The summed E-state index contributed by atoms with van der Waals surface area (Å²) in [5.41, 5.74) is 2.74. The predicted octanol–water partition coefficient (Wildman–Crippen LogP) is 7.65. The molecule has 0 heterocycles. The Morgan fingerprint density at radius 1 is 1.12 bits per heavy atom. The van der Waals surface area contributed by atoms with E-state index in [1.807, 2.05) is 0 Å². The molecular weight excluding hydrogens is 377 g/mol. The van der Waals surface area contributed by atoms with Gasteiger partial charge >= 0.3 is 33.5 Å². The van der Waals surface area contributed by atoms with Crippen molar-refractivity contribution in [2.45, 2.75) is 59.4 Å². The van der Waals surface area contributed by atoms with Gasteiger partial charge in [-0.2, -0.15) is 5.70 Å². The zero-order chi connectivity index (χ0) is 18.4. The van der Waals surface area contributed by atoms with Gasteiger partial charge in [0.05, 0.1) is 0 Å². The molecule has 0 unspecified atom stereocenters. The molecule has 0 amide bonds. The zero-order valence-electron chi connectivity index (χ0n) is 15.4. The monoisotopic (exact) mass is 406 g/mol. The van der Waals surface area contributed by atoms with Gasteiger partial charge in [0.1, 0.15) is 0 Å². The van der Waals surface area contributed by atoms with E-state index in [4.69, 9.17) is 20.1 Å². The van der Waals surface area contributed by atoms with Crippen LogP contribution in [0, 0.1) is 5.92 Å². The van der Waals surface area contributed by atoms with Crippen LogP contribution in [0.3, 0.4) is 0 Å². The third-order valence-corrected chi connectivity index (χ3v) is 3.08. The van der Waals surface area contributed by atoms with E-state index in [1.165, 1.54) is 24.1 Å². The number of rotatable bonds is 4. The van der Waals surface area contributed by atoms with Crippen molar-refractivity contribution in [2.75, 3.05) is 0 Å². The van der Waals surface area contributed by atoms with Gasteiger partial charge in [0.25, 0.3) is 0 Å². The molecule has 135 valence electrons. The average molecular weight is 407 g/mol. The quantitative estimate of drug-likeness (QED) is 0.487. The standard InChI is InChI=1S/C11H16.C9H14N.2ClH.Cr/c1-10(2)8-9-11-6-4-3-5-7-11;1-9(2,3)10-8-6-4-5-7-8;;;/h3-7,10H,8-9H2,1-2H3;4-6H,7H2,1-3H3;2*1H;/q;-1;;;+3/p-2. The normalized spacial score (nSPS) is 12.6. The van der Waals surface area contributed by atoms with E-state index in [9.17, 15) is 0 Å². The molecule has 1 aliphatic carbocycles. The summed E-state index contributed by atoms with van der Waals surface area (Å²) in [5.74, 6) is 0.815. The van der Waals surface area contributed by atoms with Crippen molar-refractivity contribution in [2.24, 2.45) is 5.92 Å². The van der Waals surface area contributed by atoms with Crippen LogP contribution < -0.4 is 0 Å². The number of allylic oxidation sites excluding steroid dienone is 3. The number of aryl methyl sites for hydroxylation is 1. The van der Waals surface area contributed by atoms with Crippen LogP contribution in [0.25, 0.3) is 5.32 Å². The molecular formula is C20H30Cl2CrN. The van der Waals surface area contributed by atoms with Gasteiger partial charge in [0.15, 0.2) is 0 Å². The van der Waals surface area contributed by atoms with E-state index in [1.54, 1.807) is 0 Å². The van der Waals surface area contributed by atoms with E-state index in [0.29, 0.717) is 0 Å². The molecule has 1 nitrogen and oxygen atoms in total. The van der Waals surface area contributed by atoms with Crippen LogP contribution >= 0.6 is 20.1 Å². The maximum atomic E-state index is 4.83. The van der Waals surface area contributed by atoms with Crippen molar-refractivity contribution in [3.05, 3.63) is 65.1 Å². The third-order valence-electron chi connectivity index (χ3n) is 3.08. The number of benzene rings is 1. The molecule has 0 aliphatic heterocycles. The Bertz CT molecular complexity index is 476. The Morgan fingerprint density at radius 3 is 2.12 bits per heavy atom. The second-order valence-electron chi connectivity index (χ2n) is 7.05. The molecule has 1 aromatic rings. The summed E-state index contributed by atoms with van der Waals surface area (Å²) >= 11 is -0.181. The first kappa shape index (κ1) is 23.6. The molecule has 1 aromatic carbocycles. The van der Waals surface area contributed by atoms with Crippen LogP contribution in [0.1, 0.15) is 53.0 Å². The van der Waals surface area contributed by atoms with Crippen LogP contribution in [0.4, 0.5) is 0 Å². The fourth-order valence-corrected chi connectivity index (χ4v) is 2.05. The van der Waals surface area contributed by atoms with Crippen molar-refractivity contribution >= 4 is 20.1 Å². The Morgan fingerprint density at radius 2 is 1.71 bits per heavy atom. The first-order valence-corrected chi connectivity index (χ1v) is 11.8. The Kier molecular flexibility index (Phi) is 13.6. The second-order valence-corrected chi connectivity index (χ2v) is 9.16. The van der Waals surface area contributed by atoms with Crippen LogP contribution in [0.15, 0.2) is 54.3 Å². The first-order chi connectivity index (χ1) is 11.3. The van der Waals surface area contributed by atoms with E-state index in [-0.39, 0.29) is 18.9 Å². The van der Waals surface area contributed by atoms with E-state index >= 15 is 0 Å². The van der Waals surface area contributed by atoms with Crippen molar-refractivity contribution < 1.29 is 13.4 Å². The van der Waals surface area contributed by atoms with Gasteiger partial charge in [0.2, 0.25) is 0 Å². The van der Waals surface area contributed by atoms with Crippen LogP contribution in [-0.2, 0) is 19.8 Å². The summed E-state index contributed by atoms with van der Waals surface area (Å²) in [6.07, 6.45) is 9.79.